The van der Waals surface area contributed by atoms with E-state index in [1.54, 1.807) is 10.6 Å². The molecule has 1 unspecified atom stereocenters. The maximum atomic E-state index is 11.7. The molecule has 122 valence electrons. The van der Waals surface area contributed by atoms with Crippen LogP contribution in [0.1, 0.15) is 44.7 Å². The van der Waals surface area contributed by atoms with Crippen LogP contribution < -0.4 is 10.9 Å². The van der Waals surface area contributed by atoms with Crippen LogP contribution in [0.25, 0.3) is 0 Å². The first-order valence-electron chi connectivity index (χ1n) is 7.64. The van der Waals surface area contributed by atoms with E-state index in [0.29, 0.717) is 32.2 Å². The van der Waals surface area contributed by atoms with Gasteiger partial charge in [-0.2, -0.15) is 0 Å². The second kappa shape index (κ2) is 9.02. The molecular formula is C16H24N2O4. The van der Waals surface area contributed by atoms with Gasteiger partial charge in [-0.25, -0.2) is 4.79 Å². The molecule has 1 rings (SSSR count). The van der Waals surface area contributed by atoms with E-state index in [2.05, 4.69) is 5.32 Å². The molecule has 1 heterocycles. The lowest BCUT2D eigenvalue weighted by Gasteiger charge is -2.13. The summed E-state index contributed by atoms with van der Waals surface area (Å²) < 4.78 is 1.68. The summed E-state index contributed by atoms with van der Waals surface area (Å²) in [6.45, 7) is 4.31. The molecule has 0 fully saturated rings. The fraction of sp³-hybridized carbons (Fsp3) is 0.562. The van der Waals surface area contributed by atoms with Crippen LogP contribution in [0.15, 0.2) is 23.0 Å². The molecule has 6 nitrogen and oxygen atoms in total. The first-order valence-corrected chi connectivity index (χ1v) is 7.64. The number of pyridine rings is 1. The lowest BCUT2D eigenvalue weighted by molar-refractivity contribution is -0.142. The van der Waals surface area contributed by atoms with Crippen LogP contribution in [0, 0.1) is 6.92 Å². The van der Waals surface area contributed by atoms with Gasteiger partial charge in [-0.1, -0.05) is 19.4 Å². The standard InChI is InChI=1S/C16H24N2O4/c1-3-7-13(16(21)22)17-14(19)9-4-5-11-18-12(2)8-6-10-15(18)20/h6,8,10,13H,3-5,7,9,11H2,1-2H3,(H,17,19)(H,21,22). The van der Waals surface area contributed by atoms with Gasteiger partial charge in [0.05, 0.1) is 0 Å². The highest BCUT2D eigenvalue weighted by atomic mass is 16.4. The van der Waals surface area contributed by atoms with Gasteiger partial charge in [-0.3, -0.25) is 9.59 Å². The number of carboxylic acids is 1. The van der Waals surface area contributed by atoms with Gasteiger partial charge < -0.3 is 15.0 Å². The van der Waals surface area contributed by atoms with E-state index in [9.17, 15) is 14.4 Å². The molecule has 0 bridgehead atoms. The molecule has 0 aliphatic heterocycles. The molecule has 0 spiro atoms. The zero-order valence-corrected chi connectivity index (χ0v) is 13.2. The van der Waals surface area contributed by atoms with E-state index in [1.165, 1.54) is 6.07 Å². The van der Waals surface area contributed by atoms with Crippen molar-refractivity contribution in [2.24, 2.45) is 0 Å². The van der Waals surface area contributed by atoms with Gasteiger partial charge >= 0.3 is 5.97 Å². The first-order chi connectivity index (χ1) is 10.5. The molecule has 1 aromatic rings. The van der Waals surface area contributed by atoms with E-state index >= 15 is 0 Å². The lowest BCUT2D eigenvalue weighted by atomic mass is 10.1. The zero-order valence-electron chi connectivity index (χ0n) is 13.2. The number of aromatic nitrogens is 1. The number of nitrogens with one attached hydrogen (secondary N) is 1. The molecule has 1 aromatic heterocycles. The van der Waals surface area contributed by atoms with Crippen LogP contribution in [0.3, 0.4) is 0 Å². The number of nitrogens with zero attached hydrogens (tertiary/aromatic N) is 1. The van der Waals surface area contributed by atoms with Gasteiger partial charge in [0.2, 0.25) is 5.91 Å². The number of hydrogen-bond donors (Lipinski definition) is 2. The predicted octanol–water partition coefficient (Wildman–Crippen LogP) is 1.70. The highest BCUT2D eigenvalue weighted by molar-refractivity contribution is 5.83. The molecule has 0 aliphatic carbocycles. The summed E-state index contributed by atoms with van der Waals surface area (Å²) in [6, 6.07) is 4.30. The van der Waals surface area contributed by atoms with Crippen molar-refractivity contribution in [2.45, 2.75) is 58.5 Å². The number of aryl methyl sites for hydroxylation is 1. The molecule has 22 heavy (non-hydrogen) atoms. The third-order valence-corrected chi connectivity index (χ3v) is 3.51. The number of amides is 1. The fourth-order valence-corrected chi connectivity index (χ4v) is 2.28. The lowest BCUT2D eigenvalue weighted by Crippen LogP contribution is -2.40. The number of aliphatic carboxylic acids is 1. The summed E-state index contributed by atoms with van der Waals surface area (Å²) in [4.78, 5) is 34.4. The Kier molecular flexibility index (Phi) is 7.36. The van der Waals surface area contributed by atoms with Crippen LogP contribution in [0.5, 0.6) is 0 Å². The third-order valence-electron chi connectivity index (χ3n) is 3.51. The normalized spacial score (nSPS) is 11.9. The summed E-state index contributed by atoms with van der Waals surface area (Å²) in [5.74, 6) is -1.25. The largest absolute Gasteiger partial charge is 0.480 e. The van der Waals surface area contributed by atoms with Gasteiger partial charge in [0.15, 0.2) is 0 Å². The van der Waals surface area contributed by atoms with Crippen molar-refractivity contribution in [1.82, 2.24) is 9.88 Å². The molecule has 0 saturated heterocycles. The summed E-state index contributed by atoms with van der Waals surface area (Å²) in [5, 5.41) is 11.5. The Hall–Kier alpha value is -2.11. The number of rotatable bonds is 9. The monoisotopic (exact) mass is 308 g/mol. The van der Waals surface area contributed by atoms with E-state index in [0.717, 1.165) is 5.69 Å². The van der Waals surface area contributed by atoms with E-state index in [1.807, 2.05) is 19.9 Å². The van der Waals surface area contributed by atoms with Gasteiger partial charge in [-0.05, 0) is 32.3 Å². The topological polar surface area (TPSA) is 88.4 Å². The van der Waals surface area contributed by atoms with Gasteiger partial charge in [0.1, 0.15) is 6.04 Å². The maximum absolute atomic E-state index is 11.7. The van der Waals surface area contributed by atoms with E-state index in [4.69, 9.17) is 5.11 Å². The second-order valence-corrected chi connectivity index (χ2v) is 5.36. The maximum Gasteiger partial charge on any atom is 0.326 e. The number of hydrogen-bond acceptors (Lipinski definition) is 3. The Morgan fingerprint density at radius 3 is 2.64 bits per heavy atom. The Bertz CT molecular complexity index is 566. The van der Waals surface area contributed by atoms with Crippen LogP contribution in [-0.4, -0.2) is 27.6 Å². The minimum absolute atomic E-state index is 0.0432. The minimum atomic E-state index is -0.998. The Morgan fingerprint density at radius 2 is 2.05 bits per heavy atom. The molecule has 0 aliphatic rings. The van der Waals surface area contributed by atoms with Crippen molar-refractivity contribution >= 4 is 11.9 Å². The van der Waals surface area contributed by atoms with Crippen molar-refractivity contribution in [2.75, 3.05) is 0 Å². The van der Waals surface area contributed by atoms with Crippen molar-refractivity contribution in [1.29, 1.82) is 0 Å². The Balaban J connectivity index is 2.36. The number of unbranched alkanes of at least 4 members (excludes halogenated alkanes) is 1. The van der Waals surface area contributed by atoms with Crippen LogP contribution in [0.2, 0.25) is 0 Å². The van der Waals surface area contributed by atoms with E-state index in [-0.39, 0.29) is 17.9 Å². The third kappa shape index (κ3) is 5.71. The summed E-state index contributed by atoms with van der Waals surface area (Å²) >= 11 is 0. The van der Waals surface area contributed by atoms with Crippen molar-refractivity contribution < 1.29 is 14.7 Å². The molecular weight excluding hydrogens is 284 g/mol. The first kappa shape index (κ1) is 17.9. The summed E-state index contributed by atoms with van der Waals surface area (Å²) in [7, 11) is 0. The van der Waals surface area contributed by atoms with Crippen molar-refractivity contribution in [3.8, 4) is 0 Å². The van der Waals surface area contributed by atoms with Gasteiger partial charge in [-0.15, -0.1) is 0 Å². The quantitative estimate of drug-likeness (QED) is 0.680. The number of carbonyl (C=O) groups excluding carboxylic acids is 1. The zero-order chi connectivity index (χ0) is 16.5. The Morgan fingerprint density at radius 1 is 1.32 bits per heavy atom. The van der Waals surface area contributed by atoms with Crippen molar-refractivity contribution in [3.05, 3.63) is 34.2 Å². The average molecular weight is 308 g/mol. The van der Waals surface area contributed by atoms with Crippen LogP contribution >= 0.6 is 0 Å². The van der Waals surface area contributed by atoms with Crippen LogP contribution in [0.4, 0.5) is 0 Å². The highest BCUT2D eigenvalue weighted by Crippen LogP contribution is 2.03. The SMILES string of the molecule is CCCC(NC(=O)CCCCn1c(C)cccc1=O)C(=O)O. The van der Waals surface area contributed by atoms with Gasteiger partial charge in [0.25, 0.3) is 5.56 Å². The molecule has 0 aromatic carbocycles. The number of carbonyl (C=O) groups is 2. The molecule has 2 N–H and O–H groups in total. The Labute approximate surface area is 130 Å². The average Bonchev–Trinajstić information content (AvgIpc) is 2.45. The molecule has 1 atom stereocenters. The summed E-state index contributed by atoms with van der Waals surface area (Å²) in [5.41, 5.74) is 0.851. The number of carboxylic acid groups (broad SMARTS) is 1. The molecule has 0 saturated carbocycles. The highest BCUT2D eigenvalue weighted by Gasteiger charge is 2.18. The second-order valence-electron chi connectivity index (χ2n) is 5.36. The smallest absolute Gasteiger partial charge is 0.326 e. The fourth-order valence-electron chi connectivity index (χ4n) is 2.28. The predicted molar refractivity (Wildman–Crippen MR) is 83.8 cm³/mol. The molecule has 6 heteroatoms. The van der Waals surface area contributed by atoms with Gasteiger partial charge in [0, 0.05) is 24.7 Å². The summed E-state index contributed by atoms with van der Waals surface area (Å²) in [6.07, 6.45) is 2.72. The van der Waals surface area contributed by atoms with Crippen molar-refractivity contribution in [3.63, 3.8) is 0 Å². The minimum Gasteiger partial charge on any atom is -0.480 e. The molecule has 1 amide bonds. The van der Waals surface area contributed by atoms with E-state index < -0.39 is 12.0 Å². The van der Waals surface area contributed by atoms with Crippen LogP contribution in [-0.2, 0) is 16.1 Å². The molecule has 0 radical (unpaired) electrons.